The Balaban J connectivity index is 1.98. The second-order valence-corrected chi connectivity index (χ2v) is 5.91. The number of hydrogen-bond acceptors (Lipinski definition) is 3. The molecule has 0 bridgehead atoms. The highest BCUT2D eigenvalue weighted by Crippen LogP contribution is 2.29. The summed E-state index contributed by atoms with van der Waals surface area (Å²) in [5, 5.41) is 12.4. The molecule has 5 nitrogen and oxygen atoms in total. The molecule has 0 aliphatic heterocycles. The number of carbonyl (C=O) groups excluding carboxylic acids is 1. The third kappa shape index (κ3) is 3.94. The van der Waals surface area contributed by atoms with Crippen molar-refractivity contribution in [1.82, 2.24) is 10.3 Å². The highest BCUT2D eigenvalue weighted by atomic mass is 35.5. The molecule has 2 atom stereocenters. The summed E-state index contributed by atoms with van der Waals surface area (Å²) in [7, 11) is 0. The number of pyridine rings is 1. The number of aryl methyl sites for hydroxylation is 1. The molecule has 1 fully saturated rings. The first-order chi connectivity index (χ1) is 9.99. The number of carboxylic acids is 1. The Labute approximate surface area is 128 Å². The van der Waals surface area contributed by atoms with E-state index in [0.717, 1.165) is 25.0 Å². The lowest BCUT2D eigenvalue weighted by Crippen LogP contribution is -2.37. The third-order valence-electron chi connectivity index (χ3n) is 3.99. The van der Waals surface area contributed by atoms with Gasteiger partial charge in [-0.3, -0.25) is 14.6 Å². The summed E-state index contributed by atoms with van der Waals surface area (Å²) >= 11 is 6.03. The number of carboxylic acid groups (broad SMARTS) is 1. The quantitative estimate of drug-likeness (QED) is 0.896. The molecule has 114 valence electrons. The molecule has 2 N–H and O–H groups in total. The molecule has 1 saturated carbocycles. The van der Waals surface area contributed by atoms with E-state index >= 15 is 0 Å². The molecule has 0 spiro atoms. The molecule has 1 aliphatic carbocycles. The standard InChI is InChI=1S/C15H19ClN2O3/c1-9-6-13(16)12(8-17-9)14(19)18-7-10-4-2-3-5-11(10)15(20)21/h6,8,10-11H,2-5,7H2,1H3,(H,18,19)(H,20,21). The van der Waals surface area contributed by atoms with E-state index in [-0.39, 0.29) is 17.7 Å². The van der Waals surface area contributed by atoms with Gasteiger partial charge in [0.1, 0.15) is 0 Å². The first kappa shape index (κ1) is 15.8. The summed E-state index contributed by atoms with van der Waals surface area (Å²) in [6, 6.07) is 1.64. The zero-order valence-electron chi connectivity index (χ0n) is 11.9. The van der Waals surface area contributed by atoms with Crippen LogP contribution >= 0.6 is 11.6 Å². The van der Waals surface area contributed by atoms with Gasteiger partial charge in [-0.15, -0.1) is 0 Å². The van der Waals surface area contributed by atoms with E-state index < -0.39 is 5.97 Å². The van der Waals surface area contributed by atoms with E-state index in [1.165, 1.54) is 6.20 Å². The van der Waals surface area contributed by atoms with Gasteiger partial charge in [0.05, 0.1) is 16.5 Å². The number of carbonyl (C=O) groups is 2. The zero-order chi connectivity index (χ0) is 15.4. The van der Waals surface area contributed by atoms with E-state index in [9.17, 15) is 14.7 Å². The van der Waals surface area contributed by atoms with Gasteiger partial charge in [0, 0.05) is 18.4 Å². The fraction of sp³-hybridized carbons (Fsp3) is 0.533. The van der Waals surface area contributed by atoms with Gasteiger partial charge in [-0.2, -0.15) is 0 Å². The van der Waals surface area contributed by atoms with Crippen LogP contribution in [0, 0.1) is 18.8 Å². The van der Waals surface area contributed by atoms with Crippen molar-refractivity contribution in [3.8, 4) is 0 Å². The number of rotatable bonds is 4. The van der Waals surface area contributed by atoms with Crippen LogP contribution in [0.1, 0.15) is 41.7 Å². The Morgan fingerprint density at radius 3 is 2.81 bits per heavy atom. The number of aromatic nitrogens is 1. The molecule has 0 saturated heterocycles. The van der Waals surface area contributed by atoms with Gasteiger partial charge >= 0.3 is 5.97 Å². The molecule has 2 rings (SSSR count). The first-order valence-corrected chi connectivity index (χ1v) is 7.50. The van der Waals surface area contributed by atoms with Crippen molar-refractivity contribution in [3.63, 3.8) is 0 Å². The van der Waals surface area contributed by atoms with Crippen molar-refractivity contribution >= 4 is 23.5 Å². The summed E-state index contributed by atoms with van der Waals surface area (Å²) in [6.45, 7) is 2.16. The largest absolute Gasteiger partial charge is 0.481 e. The fourth-order valence-electron chi connectivity index (χ4n) is 2.79. The molecule has 21 heavy (non-hydrogen) atoms. The van der Waals surface area contributed by atoms with Crippen molar-refractivity contribution in [2.45, 2.75) is 32.6 Å². The van der Waals surface area contributed by atoms with E-state index in [1.807, 2.05) is 0 Å². The second kappa shape index (κ2) is 6.89. The molecule has 0 aromatic carbocycles. The monoisotopic (exact) mass is 310 g/mol. The van der Waals surface area contributed by atoms with Crippen molar-refractivity contribution < 1.29 is 14.7 Å². The average molecular weight is 311 g/mol. The van der Waals surface area contributed by atoms with Crippen LogP contribution < -0.4 is 5.32 Å². The fourth-order valence-corrected chi connectivity index (χ4v) is 3.08. The van der Waals surface area contributed by atoms with Crippen molar-refractivity contribution in [3.05, 3.63) is 28.5 Å². The van der Waals surface area contributed by atoms with Crippen LogP contribution in [0.25, 0.3) is 0 Å². The molecular formula is C15H19ClN2O3. The lowest BCUT2D eigenvalue weighted by Gasteiger charge is -2.28. The third-order valence-corrected chi connectivity index (χ3v) is 4.30. The summed E-state index contributed by atoms with van der Waals surface area (Å²) in [5.74, 6) is -1.46. The molecule has 1 aliphatic rings. The van der Waals surface area contributed by atoms with Crippen molar-refractivity contribution in [2.75, 3.05) is 6.54 Å². The Morgan fingerprint density at radius 1 is 1.43 bits per heavy atom. The van der Waals surface area contributed by atoms with Crippen LogP contribution in [0.15, 0.2) is 12.3 Å². The number of aliphatic carboxylic acids is 1. The van der Waals surface area contributed by atoms with Crippen LogP contribution in [-0.2, 0) is 4.79 Å². The lowest BCUT2D eigenvalue weighted by molar-refractivity contribution is -0.144. The zero-order valence-corrected chi connectivity index (χ0v) is 12.7. The van der Waals surface area contributed by atoms with Gasteiger partial charge in [0.25, 0.3) is 5.91 Å². The van der Waals surface area contributed by atoms with Gasteiger partial charge in [-0.25, -0.2) is 0 Å². The summed E-state index contributed by atoms with van der Waals surface area (Å²) in [5.41, 5.74) is 1.07. The summed E-state index contributed by atoms with van der Waals surface area (Å²) < 4.78 is 0. The van der Waals surface area contributed by atoms with Crippen LogP contribution in [0.4, 0.5) is 0 Å². The van der Waals surface area contributed by atoms with E-state index in [0.29, 0.717) is 23.6 Å². The Hall–Kier alpha value is -1.62. The molecular weight excluding hydrogens is 292 g/mol. The normalized spacial score (nSPS) is 21.8. The summed E-state index contributed by atoms with van der Waals surface area (Å²) in [6.07, 6.45) is 4.91. The molecule has 1 aromatic rings. The highest BCUT2D eigenvalue weighted by molar-refractivity contribution is 6.33. The van der Waals surface area contributed by atoms with Crippen LogP contribution in [0.5, 0.6) is 0 Å². The Bertz CT molecular complexity index is 548. The summed E-state index contributed by atoms with van der Waals surface area (Å²) in [4.78, 5) is 27.4. The minimum atomic E-state index is -0.774. The Kier molecular flexibility index (Phi) is 5.17. The SMILES string of the molecule is Cc1cc(Cl)c(C(=O)NCC2CCCCC2C(=O)O)cn1. The second-order valence-electron chi connectivity index (χ2n) is 5.50. The number of halogens is 1. The molecule has 1 aromatic heterocycles. The van der Waals surface area contributed by atoms with Crippen molar-refractivity contribution in [2.24, 2.45) is 11.8 Å². The maximum atomic E-state index is 12.1. The number of hydrogen-bond donors (Lipinski definition) is 2. The van der Waals surface area contributed by atoms with Crippen LogP contribution in [0.3, 0.4) is 0 Å². The molecule has 1 heterocycles. The van der Waals surface area contributed by atoms with Gasteiger partial charge in [0.2, 0.25) is 0 Å². The van der Waals surface area contributed by atoms with Gasteiger partial charge in [0.15, 0.2) is 0 Å². The number of nitrogens with zero attached hydrogens (tertiary/aromatic N) is 1. The van der Waals surface area contributed by atoms with E-state index in [1.54, 1.807) is 13.0 Å². The van der Waals surface area contributed by atoms with Crippen molar-refractivity contribution in [1.29, 1.82) is 0 Å². The minimum Gasteiger partial charge on any atom is -0.481 e. The topological polar surface area (TPSA) is 79.3 Å². The number of amides is 1. The average Bonchev–Trinajstić information content (AvgIpc) is 2.45. The highest BCUT2D eigenvalue weighted by Gasteiger charge is 2.31. The molecule has 0 radical (unpaired) electrons. The molecule has 1 amide bonds. The van der Waals surface area contributed by atoms with E-state index in [2.05, 4.69) is 10.3 Å². The minimum absolute atomic E-state index is 0.0163. The molecule has 2 unspecified atom stereocenters. The Morgan fingerprint density at radius 2 is 2.14 bits per heavy atom. The van der Waals surface area contributed by atoms with Gasteiger partial charge in [-0.05, 0) is 31.7 Å². The first-order valence-electron chi connectivity index (χ1n) is 7.12. The lowest BCUT2D eigenvalue weighted by atomic mass is 9.79. The predicted octanol–water partition coefficient (Wildman–Crippen LogP) is 2.66. The van der Waals surface area contributed by atoms with Crippen LogP contribution in [0.2, 0.25) is 5.02 Å². The predicted molar refractivity (Wildman–Crippen MR) is 79.4 cm³/mol. The van der Waals surface area contributed by atoms with E-state index in [4.69, 9.17) is 11.6 Å². The maximum absolute atomic E-state index is 12.1. The maximum Gasteiger partial charge on any atom is 0.306 e. The van der Waals surface area contributed by atoms with Gasteiger partial charge in [-0.1, -0.05) is 24.4 Å². The molecule has 6 heteroatoms. The van der Waals surface area contributed by atoms with Gasteiger partial charge < -0.3 is 10.4 Å². The smallest absolute Gasteiger partial charge is 0.306 e. The van der Waals surface area contributed by atoms with Crippen LogP contribution in [-0.4, -0.2) is 28.5 Å². The number of nitrogens with one attached hydrogen (secondary N) is 1.